The van der Waals surface area contributed by atoms with Crippen LogP contribution in [0.3, 0.4) is 0 Å². The van der Waals surface area contributed by atoms with Crippen LogP contribution in [-0.4, -0.2) is 39.0 Å². The highest BCUT2D eigenvalue weighted by Crippen LogP contribution is 2.38. The van der Waals surface area contributed by atoms with Gasteiger partial charge in [0, 0.05) is 19.8 Å². The third-order valence-electron chi connectivity index (χ3n) is 4.36. The maximum Gasteiger partial charge on any atom is 0.387 e. The van der Waals surface area contributed by atoms with E-state index in [9.17, 15) is 13.6 Å². The van der Waals surface area contributed by atoms with Crippen molar-refractivity contribution in [3.63, 3.8) is 0 Å². The first kappa shape index (κ1) is 16.4. The molecule has 0 spiro atoms. The minimum Gasteiger partial charge on any atom is -0.433 e. The predicted octanol–water partition coefficient (Wildman–Crippen LogP) is 2.56. The molecule has 9 heteroatoms. The van der Waals surface area contributed by atoms with Gasteiger partial charge in [-0.15, -0.1) is 5.10 Å². The summed E-state index contributed by atoms with van der Waals surface area (Å²) in [5, 5.41) is 7.91. The fraction of sp³-hybridized carbons (Fsp3) is 0.294. The van der Waals surface area contributed by atoms with Gasteiger partial charge in [-0.2, -0.15) is 8.78 Å². The van der Waals surface area contributed by atoms with E-state index in [0.717, 1.165) is 12.0 Å². The lowest BCUT2D eigenvalue weighted by Crippen LogP contribution is -2.36. The Kier molecular flexibility index (Phi) is 3.98. The second-order valence-corrected chi connectivity index (χ2v) is 5.95. The normalized spacial score (nSPS) is 13.9. The highest BCUT2D eigenvalue weighted by atomic mass is 19.3. The summed E-state index contributed by atoms with van der Waals surface area (Å²) < 4.78 is 31.7. The number of nitrogens with zero attached hydrogens (tertiary/aromatic N) is 5. The van der Waals surface area contributed by atoms with Gasteiger partial charge in [0.25, 0.3) is 5.91 Å². The molecule has 0 saturated carbocycles. The van der Waals surface area contributed by atoms with E-state index in [0.29, 0.717) is 35.4 Å². The van der Waals surface area contributed by atoms with E-state index in [4.69, 9.17) is 0 Å². The van der Waals surface area contributed by atoms with Crippen LogP contribution in [0.25, 0.3) is 11.2 Å². The molecule has 3 heterocycles. The SMILES string of the molecule is Cn1nnc2c(C(=O)N3CCCc4cccc(OC(F)F)c43)ccnc21. The number of halogens is 2. The van der Waals surface area contributed by atoms with Crippen molar-refractivity contribution in [3.8, 4) is 5.75 Å². The Morgan fingerprint density at radius 3 is 2.96 bits per heavy atom. The summed E-state index contributed by atoms with van der Waals surface area (Å²) in [7, 11) is 1.68. The van der Waals surface area contributed by atoms with Gasteiger partial charge in [0.1, 0.15) is 11.3 Å². The van der Waals surface area contributed by atoms with E-state index >= 15 is 0 Å². The van der Waals surface area contributed by atoms with Crippen molar-refractivity contribution in [2.24, 2.45) is 7.05 Å². The van der Waals surface area contributed by atoms with Gasteiger partial charge in [0.05, 0.1) is 11.3 Å². The summed E-state index contributed by atoms with van der Waals surface area (Å²) in [5.74, 6) is -0.348. The molecule has 0 bridgehead atoms. The van der Waals surface area contributed by atoms with E-state index < -0.39 is 6.61 Å². The molecule has 1 amide bonds. The Morgan fingerprint density at radius 1 is 1.31 bits per heavy atom. The smallest absolute Gasteiger partial charge is 0.387 e. The molecule has 0 radical (unpaired) electrons. The van der Waals surface area contributed by atoms with Crippen molar-refractivity contribution < 1.29 is 18.3 Å². The molecule has 134 valence electrons. The minimum absolute atomic E-state index is 0.00463. The number of ether oxygens (including phenoxy) is 1. The molecule has 2 aromatic heterocycles. The van der Waals surface area contributed by atoms with E-state index in [1.54, 1.807) is 19.2 Å². The number of carbonyl (C=O) groups excluding carboxylic acids is 1. The van der Waals surface area contributed by atoms with E-state index in [1.165, 1.54) is 21.8 Å². The zero-order valence-electron chi connectivity index (χ0n) is 13.9. The molecule has 0 atom stereocenters. The molecular weight excluding hydrogens is 344 g/mol. The lowest BCUT2D eigenvalue weighted by atomic mass is 10.00. The highest BCUT2D eigenvalue weighted by Gasteiger charge is 2.29. The predicted molar refractivity (Wildman–Crippen MR) is 89.4 cm³/mol. The van der Waals surface area contributed by atoms with Crippen LogP contribution in [-0.2, 0) is 13.5 Å². The topological polar surface area (TPSA) is 73.1 Å². The van der Waals surface area contributed by atoms with Crippen LogP contribution in [0.4, 0.5) is 14.5 Å². The average molecular weight is 359 g/mol. The standard InChI is InChI=1S/C17H15F2N5O2/c1-23-15-13(21-22-23)11(7-8-20-15)16(25)24-9-3-5-10-4-2-6-12(14(10)24)26-17(18)19/h2,4,6-8,17H,3,5,9H2,1H3. The number of rotatable bonds is 3. The number of carbonyl (C=O) groups is 1. The summed E-state index contributed by atoms with van der Waals surface area (Å²) in [6.45, 7) is -2.56. The Hall–Kier alpha value is -3.10. The number of aryl methyl sites for hydroxylation is 2. The maximum absolute atomic E-state index is 13.2. The lowest BCUT2D eigenvalue weighted by molar-refractivity contribution is -0.0495. The Morgan fingerprint density at radius 2 is 2.15 bits per heavy atom. The first-order valence-corrected chi connectivity index (χ1v) is 8.09. The van der Waals surface area contributed by atoms with Crippen molar-refractivity contribution in [3.05, 3.63) is 41.6 Å². The van der Waals surface area contributed by atoms with Gasteiger partial charge in [0.2, 0.25) is 0 Å². The van der Waals surface area contributed by atoms with Crippen molar-refractivity contribution in [1.82, 2.24) is 20.0 Å². The fourth-order valence-corrected chi connectivity index (χ4v) is 3.26. The van der Waals surface area contributed by atoms with Crippen LogP contribution in [0.5, 0.6) is 5.75 Å². The molecule has 4 rings (SSSR count). The number of alkyl halides is 2. The number of anilines is 1. The molecule has 0 unspecified atom stereocenters. The molecule has 1 aliphatic heterocycles. The second kappa shape index (κ2) is 6.32. The van der Waals surface area contributed by atoms with Crippen LogP contribution in [0, 0.1) is 0 Å². The quantitative estimate of drug-likeness (QED) is 0.719. The number of hydrogen-bond acceptors (Lipinski definition) is 5. The zero-order valence-corrected chi connectivity index (χ0v) is 13.9. The van der Waals surface area contributed by atoms with Crippen LogP contribution in [0.15, 0.2) is 30.5 Å². The van der Waals surface area contributed by atoms with Crippen molar-refractivity contribution >= 4 is 22.8 Å². The van der Waals surface area contributed by atoms with E-state index in [-0.39, 0.29) is 11.7 Å². The summed E-state index contributed by atoms with van der Waals surface area (Å²) in [4.78, 5) is 18.8. The molecule has 26 heavy (non-hydrogen) atoms. The van der Waals surface area contributed by atoms with Gasteiger partial charge in [-0.3, -0.25) is 4.79 Å². The van der Waals surface area contributed by atoms with Crippen molar-refractivity contribution in [1.29, 1.82) is 0 Å². The largest absolute Gasteiger partial charge is 0.433 e. The van der Waals surface area contributed by atoms with Gasteiger partial charge in [-0.1, -0.05) is 17.3 Å². The summed E-state index contributed by atoms with van der Waals surface area (Å²) >= 11 is 0. The Bertz CT molecular complexity index is 988. The summed E-state index contributed by atoms with van der Waals surface area (Å²) in [6, 6.07) is 6.47. The minimum atomic E-state index is -2.96. The molecule has 0 saturated heterocycles. The van der Waals surface area contributed by atoms with Gasteiger partial charge in [-0.25, -0.2) is 9.67 Å². The van der Waals surface area contributed by atoms with Crippen molar-refractivity contribution in [2.75, 3.05) is 11.4 Å². The molecule has 0 fully saturated rings. The van der Waals surface area contributed by atoms with Gasteiger partial charge < -0.3 is 9.64 Å². The van der Waals surface area contributed by atoms with Crippen molar-refractivity contribution in [2.45, 2.75) is 19.5 Å². The van der Waals surface area contributed by atoms with Gasteiger partial charge >= 0.3 is 6.61 Å². The van der Waals surface area contributed by atoms with Crippen LogP contribution in [0.2, 0.25) is 0 Å². The van der Waals surface area contributed by atoms with Gasteiger partial charge in [-0.05, 0) is 30.5 Å². The number of pyridine rings is 1. The zero-order chi connectivity index (χ0) is 18.3. The van der Waals surface area contributed by atoms with E-state index in [1.807, 2.05) is 6.07 Å². The third kappa shape index (κ3) is 2.65. The molecule has 3 aromatic rings. The third-order valence-corrected chi connectivity index (χ3v) is 4.36. The fourth-order valence-electron chi connectivity index (χ4n) is 3.26. The lowest BCUT2D eigenvalue weighted by Gasteiger charge is -2.31. The first-order valence-electron chi connectivity index (χ1n) is 8.09. The van der Waals surface area contributed by atoms with Crippen LogP contribution >= 0.6 is 0 Å². The van der Waals surface area contributed by atoms with Gasteiger partial charge in [0.15, 0.2) is 5.65 Å². The number of hydrogen-bond donors (Lipinski definition) is 0. The number of fused-ring (bicyclic) bond motifs is 2. The number of amides is 1. The second-order valence-electron chi connectivity index (χ2n) is 5.95. The maximum atomic E-state index is 13.2. The molecular formula is C17H15F2N5O2. The number of para-hydroxylation sites is 1. The van der Waals surface area contributed by atoms with Crippen LogP contribution < -0.4 is 9.64 Å². The Balaban J connectivity index is 1.81. The summed E-state index contributed by atoms with van der Waals surface area (Å²) in [6.07, 6.45) is 2.92. The highest BCUT2D eigenvalue weighted by molar-refractivity contribution is 6.13. The molecule has 0 aliphatic carbocycles. The van der Waals surface area contributed by atoms with E-state index in [2.05, 4.69) is 20.0 Å². The summed E-state index contributed by atoms with van der Waals surface area (Å²) in [5.41, 5.74) is 2.36. The number of benzene rings is 1. The molecule has 7 nitrogen and oxygen atoms in total. The molecule has 1 aromatic carbocycles. The first-order chi connectivity index (χ1) is 12.6. The average Bonchev–Trinajstić information content (AvgIpc) is 3.02. The Labute approximate surface area is 147 Å². The molecule has 0 N–H and O–H groups in total. The number of aromatic nitrogens is 4. The molecule has 1 aliphatic rings. The monoisotopic (exact) mass is 359 g/mol. The van der Waals surface area contributed by atoms with Crippen LogP contribution in [0.1, 0.15) is 22.3 Å².